The number of halogens is 2. The summed E-state index contributed by atoms with van der Waals surface area (Å²) in [4.78, 5) is 8.82. The third-order valence-electron chi connectivity index (χ3n) is 5.67. The molecule has 2 aromatic heterocycles. The molecule has 0 aliphatic heterocycles. The average molecular weight is 604 g/mol. The van der Waals surface area contributed by atoms with Crippen molar-refractivity contribution in [3.63, 3.8) is 0 Å². The van der Waals surface area contributed by atoms with Gasteiger partial charge >= 0.3 is 37.9 Å². The van der Waals surface area contributed by atoms with Gasteiger partial charge in [0.1, 0.15) is 0 Å². The van der Waals surface area contributed by atoms with Gasteiger partial charge < -0.3 is 6.92 Å². The topological polar surface area (TPSA) is 25.8 Å². The Balaban J connectivity index is 0.000000176. The molecule has 5 heteroatoms. The van der Waals surface area contributed by atoms with E-state index in [1.807, 2.05) is 36.7 Å². The SMILES string of the molecule is Cc1cc2c(-c3ccccn3)cccc2[cH-]1.Cc1cc2c(-c3ccccn3)cccc2[cH-]1.[CH2-]C.[Cl][Zr][Cl]. The summed E-state index contributed by atoms with van der Waals surface area (Å²) < 4.78 is 0. The van der Waals surface area contributed by atoms with Crippen LogP contribution in [0.4, 0.5) is 0 Å². The molecule has 0 aliphatic rings. The molecule has 0 saturated carbocycles. The second-order valence-corrected chi connectivity index (χ2v) is 11.9. The third kappa shape index (κ3) is 7.71. The van der Waals surface area contributed by atoms with Crippen LogP contribution < -0.4 is 0 Å². The number of nitrogens with zero attached hydrogens (tertiary/aromatic N) is 2. The summed E-state index contributed by atoms with van der Waals surface area (Å²) in [6.45, 7) is 9.25. The van der Waals surface area contributed by atoms with Gasteiger partial charge in [0.2, 0.25) is 0 Å². The standard InChI is InChI=1S/2C15H12N.C2H5.2ClH.Zr/c2*1-11-9-12-5-4-6-13(14(12)10-11)15-7-2-3-8-16-15;1-2;;;/h2*2-10H,1H3;1H2,2H3;2*1H;/q3*-1;;;+2/p-2. The van der Waals surface area contributed by atoms with Gasteiger partial charge in [-0.05, 0) is 35.4 Å². The maximum absolute atomic E-state index is 4.93. The Hall–Kier alpha value is -2.58. The van der Waals surface area contributed by atoms with Crippen LogP contribution in [0.3, 0.4) is 0 Å². The van der Waals surface area contributed by atoms with Crippen LogP contribution in [0.2, 0.25) is 0 Å². The van der Waals surface area contributed by atoms with Crippen molar-refractivity contribution in [3.05, 3.63) is 128 Å². The van der Waals surface area contributed by atoms with Crippen LogP contribution in [0.1, 0.15) is 18.1 Å². The minimum absolute atomic E-state index is 0.826. The molecule has 37 heavy (non-hydrogen) atoms. The van der Waals surface area contributed by atoms with Gasteiger partial charge in [-0.1, -0.05) is 38.1 Å². The van der Waals surface area contributed by atoms with Crippen LogP contribution in [0, 0.1) is 20.8 Å². The van der Waals surface area contributed by atoms with Crippen molar-refractivity contribution in [2.24, 2.45) is 0 Å². The van der Waals surface area contributed by atoms with Crippen LogP contribution in [-0.4, -0.2) is 9.97 Å². The van der Waals surface area contributed by atoms with E-state index < -0.39 is 20.8 Å². The fourth-order valence-electron chi connectivity index (χ4n) is 4.26. The maximum atomic E-state index is 4.93. The minimum atomic E-state index is -0.826. The van der Waals surface area contributed by atoms with E-state index in [-0.39, 0.29) is 0 Å². The monoisotopic (exact) mass is 601 g/mol. The summed E-state index contributed by atoms with van der Waals surface area (Å²) in [6, 6.07) is 33.6. The van der Waals surface area contributed by atoms with Crippen LogP contribution in [0.25, 0.3) is 44.1 Å². The number of benzene rings is 2. The number of fused-ring (bicyclic) bond motifs is 2. The van der Waals surface area contributed by atoms with Crippen molar-refractivity contribution in [2.75, 3.05) is 0 Å². The fraction of sp³-hybridized carbons (Fsp3) is 0.0938. The van der Waals surface area contributed by atoms with Gasteiger partial charge in [0.15, 0.2) is 0 Å². The predicted molar refractivity (Wildman–Crippen MR) is 158 cm³/mol. The van der Waals surface area contributed by atoms with E-state index in [2.05, 4.69) is 104 Å². The summed E-state index contributed by atoms with van der Waals surface area (Å²) in [7, 11) is 9.87. The fourth-order valence-corrected chi connectivity index (χ4v) is 4.26. The van der Waals surface area contributed by atoms with Gasteiger partial charge in [-0.3, -0.25) is 9.97 Å². The number of hydrogen-bond donors (Lipinski definition) is 0. The molecule has 2 nitrogen and oxygen atoms in total. The molecule has 4 aromatic carbocycles. The molecule has 2 heterocycles. The van der Waals surface area contributed by atoms with Crippen LogP contribution in [0.15, 0.2) is 109 Å². The first-order chi connectivity index (χ1) is 18.1. The second-order valence-electron chi connectivity index (χ2n) is 8.18. The first kappa shape index (κ1) is 29.0. The molecule has 0 spiro atoms. The number of hydrogen-bond acceptors (Lipinski definition) is 2. The summed E-state index contributed by atoms with van der Waals surface area (Å²) in [5, 5.41) is 5.17. The Morgan fingerprint density at radius 2 is 1.03 bits per heavy atom. The Kier molecular flexibility index (Phi) is 11.7. The van der Waals surface area contributed by atoms with Gasteiger partial charge in [-0.2, -0.15) is 19.1 Å². The average Bonchev–Trinajstić information content (AvgIpc) is 3.52. The molecule has 6 rings (SSSR count). The Morgan fingerprint density at radius 1 is 0.622 bits per heavy atom. The van der Waals surface area contributed by atoms with Crippen molar-refractivity contribution >= 4 is 38.6 Å². The summed E-state index contributed by atoms with van der Waals surface area (Å²) in [5.74, 6) is 0. The Morgan fingerprint density at radius 3 is 1.38 bits per heavy atom. The van der Waals surface area contributed by atoms with Gasteiger partial charge in [-0.15, -0.1) is 69.1 Å². The number of rotatable bonds is 2. The Labute approximate surface area is 238 Å². The van der Waals surface area contributed by atoms with Crippen molar-refractivity contribution in [1.82, 2.24) is 9.97 Å². The normalized spacial score (nSPS) is 9.89. The van der Waals surface area contributed by atoms with Crippen molar-refractivity contribution in [2.45, 2.75) is 20.8 Å². The zero-order chi connectivity index (χ0) is 26.6. The van der Waals surface area contributed by atoms with Crippen molar-refractivity contribution < 1.29 is 20.8 Å². The summed E-state index contributed by atoms with van der Waals surface area (Å²) >= 11 is -0.826. The zero-order valence-corrected chi connectivity index (χ0v) is 25.2. The summed E-state index contributed by atoms with van der Waals surface area (Å²) in [6.07, 6.45) is 3.67. The quantitative estimate of drug-likeness (QED) is 0.184. The van der Waals surface area contributed by atoms with E-state index in [4.69, 9.17) is 17.0 Å². The van der Waals surface area contributed by atoms with Gasteiger partial charge in [0.05, 0.1) is 11.4 Å². The number of pyridine rings is 2. The van der Waals surface area contributed by atoms with E-state index in [0.717, 1.165) is 11.4 Å². The van der Waals surface area contributed by atoms with E-state index >= 15 is 0 Å². The first-order valence-electron chi connectivity index (χ1n) is 11.9. The van der Waals surface area contributed by atoms with E-state index in [1.54, 1.807) is 6.92 Å². The molecular weight excluding hydrogens is 574 g/mol. The van der Waals surface area contributed by atoms with E-state index in [0.29, 0.717) is 0 Å². The number of aromatic nitrogens is 2. The first-order valence-corrected chi connectivity index (χ1v) is 18.3. The van der Waals surface area contributed by atoms with Gasteiger partial charge in [0.25, 0.3) is 0 Å². The van der Waals surface area contributed by atoms with Gasteiger partial charge in [0, 0.05) is 12.4 Å². The molecule has 188 valence electrons. The molecule has 0 atom stereocenters. The molecule has 0 radical (unpaired) electrons. The molecule has 0 N–H and O–H groups in total. The second kappa shape index (κ2) is 15.0. The molecule has 6 aromatic rings. The van der Waals surface area contributed by atoms with Crippen LogP contribution in [-0.2, 0) is 20.8 Å². The predicted octanol–water partition coefficient (Wildman–Crippen LogP) is 10.1. The zero-order valence-electron chi connectivity index (χ0n) is 21.2. The molecule has 0 aliphatic carbocycles. The van der Waals surface area contributed by atoms with Crippen LogP contribution in [0.5, 0.6) is 0 Å². The molecule has 0 unspecified atom stereocenters. The van der Waals surface area contributed by atoms with Gasteiger partial charge in [-0.25, -0.2) is 0 Å². The Bertz CT molecular complexity index is 1390. The molecule has 0 saturated heterocycles. The third-order valence-corrected chi connectivity index (χ3v) is 5.67. The van der Waals surface area contributed by atoms with Crippen molar-refractivity contribution in [3.8, 4) is 22.5 Å². The molecule has 0 amide bonds. The molecule has 0 bridgehead atoms. The molecular formula is C32H29Cl2N2Zr-3. The molecule has 0 fully saturated rings. The number of aryl methyl sites for hydroxylation is 2. The van der Waals surface area contributed by atoms with Crippen molar-refractivity contribution in [1.29, 1.82) is 0 Å². The van der Waals surface area contributed by atoms with E-state index in [9.17, 15) is 0 Å². The van der Waals surface area contributed by atoms with E-state index in [1.165, 1.54) is 43.8 Å². The van der Waals surface area contributed by atoms with Crippen LogP contribution >= 0.6 is 17.0 Å². The summed E-state index contributed by atoms with van der Waals surface area (Å²) in [5.41, 5.74) is 7.12.